The molecule has 1 N–H and O–H groups in total. The minimum Gasteiger partial charge on any atom is -0.324 e. The van der Waals surface area contributed by atoms with Gasteiger partial charge in [0.15, 0.2) is 0 Å². The van der Waals surface area contributed by atoms with Crippen LogP contribution in [0.4, 0.5) is 4.39 Å². The van der Waals surface area contributed by atoms with Gasteiger partial charge in [-0.25, -0.2) is 4.39 Å². The normalized spacial score (nSPS) is 15.9. The summed E-state index contributed by atoms with van der Waals surface area (Å²) in [4.78, 5) is 7.97. The summed E-state index contributed by atoms with van der Waals surface area (Å²) < 4.78 is 50.3. The van der Waals surface area contributed by atoms with E-state index in [1.54, 1.807) is 0 Å². The summed E-state index contributed by atoms with van der Waals surface area (Å²) in [6.07, 6.45) is 0. The molecular weight excluding hydrogens is 246 g/mol. The van der Waals surface area contributed by atoms with Crippen LogP contribution in [0.3, 0.4) is 0 Å². The standard InChI is InChI=1S/C7H8FO5PS/c1-14(9,10)13-15(11,12)7-5-3-2-4-6(7)8/h2-5H,1H3,(H,9,10). The minimum atomic E-state index is -4.54. The summed E-state index contributed by atoms with van der Waals surface area (Å²) in [7, 11) is -8.76. The first-order valence-corrected chi connectivity index (χ1v) is 7.17. The third-order valence-electron chi connectivity index (χ3n) is 1.34. The van der Waals surface area contributed by atoms with Crippen LogP contribution in [-0.2, 0) is 18.7 Å². The van der Waals surface area contributed by atoms with Crippen LogP contribution in [0.15, 0.2) is 29.2 Å². The van der Waals surface area contributed by atoms with Gasteiger partial charge in [0.25, 0.3) is 0 Å². The van der Waals surface area contributed by atoms with Crippen molar-refractivity contribution in [3.05, 3.63) is 30.1 Å². The van der Waals surface area contributed by atoms with Crippen molar-refractivity contribution in [1.82, 2.24) is 0 Å². The lowest BCUT2D eigenvalue weighted by Crippen LogP contribution is -2.06. The van der Waals surface area contributed by atoms with E-state index in [0.29, 0.717) is 6.66 Å². The quantitative estimate of drug-likeness (QED) is 0.823. The molecule has 0 bridgehead atoms. The Kier molecular flexibility index (Phi) is 3.30. The molecule has 0 saturated heterocycles. The van der Waals surface area contributed by atoms with Crippen LogP contribution >= 0.6 is 7.60 Å². The molecule has 0 aromatic heterocycles. The molecule has 0 spiro atoms. The Labute approximate surface area is 86.2 Å². The molecule has 0 saturated carbocycles. The maximum atomic E-state index is 13.0. The molecule has 0 heterocycles. The van der Waals surface area contributed by atoms with Crippen molar-refractivity contribution in [2.45, 2.75) is 4.90 Å². The Hall–Kier alpha value is -0.750. The summed E-state index contributed by atoms with van der Waals surface area (Å²) in [6, 6.07) is 4.42. The molecular formula is C7H8FO5PS. The van der Waals surface area contributed by atoms with Crippen molar-refractivity contribution < 1.29 is 26.2 Å². The molecule has 1 aromatic rings. The number of hydrogen-bond acceptors (Lipinski definition) is 4. The van der Waals surface area contributed by atoms with Gasteiger partial charge in [0.1, 0.15) is 10.7 Å². The van der Waals surface area contributed by atoms with Crippen LogP contribution in [0.5, 0.6) is 0 Å². The molecule has 84 valence electrons. The van der Waals surface area contributed by atoms with Gasteiger partial charge in [-0.3, -0.25) is 4.57 Å². The predicted octanol–water partition coefficient (Wildman–Crippen LogP) is 1.35. The van der Waals surface area contributed by atoms with Gasteiger partial charge in [0, 0.05) is 6.66 Å². The highest BCUT2D eigenvalue weighted by atomic mass is 32.2. The van der Waals surface area contributed by atoms with Crippen LogP contribution in [-0.4, -0.2) is 20.0 Å². The first-order chi connectivity index (χ1) is 6.72. The van der Waals surface area contributed by atoms with E-state index in [4.69, 9.17) is 4.89 Å². The number of hydrogen-bond donors (Lipinski definition) is 1. The monoisotopic (exact) mass is 254 g/mol. The van der Waals surface area contributed by atoms with E-state index < -0.39 is 28.4 Å². The molecule has 5 nitrogen and oxygen atoms in total. The lowest BCUT2D eigenvalue weighted by atomic mass is 10.4. The van der Waals surface area contributed by atoms with Crippen LogP contribution in [0.25, 0.3) is 0 Å². The van der Waals surface area contributed by atoms with Crippen molar-refractivity contribution in [3.8, 4) is 0 Å². The second-order valence-electron chi connectivity index (χ2n) is 2.76. The fourth-order valence-corrected chi connectivity index (χ4v) is 3.20. The zero-order valence-electron chi connectivity index (χ0n) is 7.62. The summed E-state index contributed by atoms with van der Waals surface area (Å²) in [5.74, 6) is -1.04. The fourth-order valence-electron chi connectivity index (χ4n) is 0.870. The molecule has 0 aliphatic carbocycles. The minimum absolute atomic E-state index is 0.700. The highest BCUT2D eigenvalue weighted by Crippen LogP contribution is 2.41. The van der Waals surface area contributed by atoms with E-state index in [1.807, 2.05) is 0 Å². The molecule has 1 unspecified atom stereocenters. The molecule has 15 heavy (non-hydrogen) atoms. The van der Waals surface area contributed by atoms with Crippen molar-refractivity contribution >= 4 is 17.7 Å². The number of halogens is 1. The Morgan fingerprint density at radius 3 is 2.40 bits per heavy atom. The fraction of sp³-hybridized carbons (Fsp3) is 0.143. The van der Waals surface area contributed by atoms with Gasteiger partial charge in [-0.1, -0.05) is 12.1 Å². The van der Waals surface area contributed by atoms with Crippen molar-refractivity contribution in [3.63, 3.8) is 0 Å². The second-order valence-corrected chi connectivity index (χ2v) is 6.31. The van der Waals surface area contributed by atoms with Crippen LogP contribution in [0.2, 0.25) is 0 Å². The summed E-state index contributed by atoms with van der Waals surface area (Å²) >= 11 is 0. The third kappa shape index (κ3) is 3.39. The van der Waals surface area contributed by atoms with Gasteiger partial charge in [-0.15, -0.1) is 0 Å². The summed E-state index contributed by atoms with van der Waals surface area (Å²) in [5.41, 5.74) is 0. The zero-order chi connectivity index (χ0) is 11.7. The molecule has 0 aliphatic heterocycles. The molecule has 1 rings (SSSR count). The summed E-state index contributed by atoms with van der Waals surface area (Å²) in [6.45, 7) is 0.700. The molecule has 8 heteroatoms. The Morgan fingerprint density at radius 2 is 1.93 bits per heavy atom. The maximum absolute atomic E-state index is 13.0. The summed E-state index contributed by atoms with van der Waals surface area (Å²) in [5, 5.41) is 0. The third-order valence-corrected chi connectivity index (χ3v) is 4.10. The lowest BCUT2D eigenvalue weighted by Gasteiger charge is -2.07. The SMILES string of the molecule is CP(=O)(O)OS(=O)(=O)c1ccccc1F. The largest absolute Gasteiger partial charge is 0.339 e. The van der Waals surface area contributed by atoms with Gasteiger partial charge in [-0.2, -0.15) is 12.4 Å². The first-order valence-electron chi connectivity index (χ1n) is 3.73. The Balaban J connectivity index is 3.19. The number of rotatable bonds is 3. The van der Waals surface area contributed by atoms with E-state index >= 15 is 0 Å². The van der Waals surface area contributed by atoms with E-state index in [0.717, 1.165) is 12.1 Å². The lowest BCUT2D eigenvalue weighted by molar-refractivity contribution is 0.382. The van der Waals surface area contributed by atoms with E-state index in [2.05, 4.69) is 3.97 Å². The molecule has 0 amide bonds. The van der Waals surface area contributed by atoms with Gasteiger partial charge in [0.05, 0.1) is 0 Å². The van der Waals surface area contributed by atoms with Gasteiger partial charge in [0.2, 0.25) is 0 Å². The topological polar surface area (TPSA) is 80.7 Å². The number of benzene rings is 1. The van der Waals surface area contributed by atoms with Gasteiger partial charge >= 0.3 is 17.7 Å². The zero-order valence-corrected chi connectivity index (χ0v) is 9.33. The van der Waals surface area contributed by atoms with E-state index in [9.17, 15) is 17.4 Å². The highest BCUT2D eigenvalue weighted by Gasteiger charge is 2.27. The molecule has 0 fully saturated rings. The predicted molar refractivity (Wildman–Crippen MR) is 50.4 cm³/mol. The average molecular weight is 254 g/mol. The van der Waals surface area contributed by atoms with Crippen molar-refractivity contribution in [2.75, 3.05) is 6.66 Å². The van der Waals surface area contributed by atoms with Crippen molar-refractivity contribution in [1.29, 1.82) is 0 Å². The van der Waals surface area contributed by atoms with E-state index in [1.165, 1.54) is 12.1 Å². The Morgan fingerprint density at radius 1 is 1.40 bits per heavy atom. The molecule has 0 radical (unpaired) electrons. The Bertz CT molecular complexity index is 506. The second kappa shape index (κ2) is 4.02. The molecule has 1 aromatic carbocycles. The first kappa shape index (κ1) is 12.3. The van der Waals surface area contributed by atoms with Gasteiger partial charge in [-0.05, 0) is 12.1 Å². The van der Waals surface area contributed by atoms with Crippen LogP contribution in [0.1, 0.15) is 0 Å². The maximum Gasteiger partial charge on any atom is 0.339 e. The smallest absolute Gasteiger partial charge is 0.324 e. The molecule has 0 aliphatic rings. The van der Waals surface area contributed by atoms with E-state index in [-0.39, 0.29) is 0 Å². The van der Waals surface area contributed by atoms with Gasteiger partial charge < -0.3 is 4.89 Å². The average Bonchev–Trinajstić information content (AvgIpc) is 1.99. The van der Waals surface area contributed by atoms with Crippen LogP contribution < -0.4 is 0 Å². The molecule has 1 atom stereocenters. The van der Waals surface area contributed by atoms with Crippen molar-refractivity contribution in [2.24, 2.45) is 0 Å². The van der Waals surface area contributed by atoms with Crippen LogP contribution in [0, 0.1) is 5.82 Å². The highest BCUT2D eigenvalue weighted by molar-refractivity contribution is 7.91.